The summed E-state index contributed by atoms with van der Waals surface area (Å²) >= 11 is 0. The minimum absolute atomic E-state index is 0.160. The quantitative estimate of drug-likeness (QED) is 0.689. The van der Waals surface area contributed by atoms with Gasteiger partial charge < -0.3 is 24.8 Å². The number of hydrogen-bond donors (Lipinski definition) is 2. The van der Waals surface area contributed by atoms with Gasteiger partial charge in [-0.3, -0.25) is 9.59 Å². The van der Waals surface area contributed by atoms with Crippen molar-refractivity contribution in [3.8, 4) is 17.2 Å². The number of carbonyl (C=O) groups excluding carboxylic acids is 2. The van der Waals surface area contributed by atoms with Crippen molar-refractivity contribution >= 4 is 23.2 Å². The fourth-order valence-electron chi connectivity index (χ4n) is 2.90. The van der Waals surface area contributed by atoms with E-state index in [1.807, 2.05) is 0 Å². The summed E-state index contributed by atoms with van der Waals surface area (Å²) in [6, 6.07) is 18.7. The first kappa shape index (κ1) is 18.4. The molecule has 1 aliphatic rings. The predicted molar refractivity (Wildman–Crippen MR) is 108 cm³/mol. The topological polar surface area (TPSA) is 85.9 Å². The summed E-state index contributed by atoms with van der Waals surface area (Å²) in [7, 11) is 1.56. The van der Waals surface area contributed by atoms with Gasteiger partial charge in [0.25, 0.3) is 11.8 Å². The molecule has 146 valence electrons. The van der Waals surface area contributed by atoms with Crippen LogP contribution in [0.5, 0.6) is 17.2 Å². The first-order valence-electron chi connectivity index (χ1n) is 8.89. The third kappa shape index (κ3) is 3.98. The van der Waals surface area contributed by atoms with Gasteiger partial charge >= 0.3 is 0 Å². The largest absolute Gasteiger partial charge is 0.497 e. The summed E-state index contributed by atoms with van der Waals surface area (Å²) < 4.78 is 15.7. The molecule has 2 amide bonds. The van der Waals surface area contributed by atoms with Crippen LogP contribution in [-0.2, 0) is 0 Å². The number of benzene rings is 3. The maximum atomic E-state index is 12.8. The number of para-hydroxylation sites is 1. The SMILES string of the molecule is COc1ccc(C(=O)Nc2ccccc2C(=O)Nc2ccc3c(c2)OCO3)cc1. The van der Waals surface area contributed by atoms with Gasteiger partial charge in [0.2, 0.25) is 6.79 Å². The molecule has 0 atom stereocenters. The first-order valence-corrected chi connectivity index (χ1v) is 8.89. The highest BCUT2D eigenvalue weighted by molar-refractivity contribution is 6.12. The molecular weight excluding hydrogens is 372 g/mol. The van der Waals surface area contributed by atoms with Gasteiger partial charge in [-0.05, 0) is 48.5 Å². The number of carbonyl (C=O) groups is 2. The summed E-state index contributed by atoms with van der Waals surface area (Å²) in [6.07, 6.45) is 0. The van der Waals surface area contributed by atoms with Crippen LogP contribution in [0.3, 0.4) is 0 Å². The third-order valence-electron chi connectivity index (χ3n) is 4.40. The van der Waals surface area contributed by atoms with Crippen molar-refractivity contribution in [1.82, 2.24) is 0 Å². The van der Waals surface area contributed by atoms with Crippen molar-refractivity contribution < 1.29 is 23.8 Å². The van der Waals surface area contributed by atoms with Crippen molar-refractivity contribution in [2.75, 3.05) is 24.5 Å². The van der Waals surface area contributed by atoms with Crippen molar-refractivity contribution in [3.05, 3.63) is 77.9 Å². The maximum absolute atomic E-state index is 12.8. The van der Waals surface area contributed by atoms with Gasteiger partial charge in [0.05, 0.1) is 18.4 Å². The zero-order valence-corrected chi connectivity index (χ0v) is 15.6. The summed E-state index contributed by atoms with van der Waals surface area (Å²) in [4.78, 5) is 25.3. The van der Waals surface area contributed by atoms with Crippen LogP contribution < -0.4 is 24.8 Å². The van der Waals surface area contributed by atoms with Crippen molar-refractivity contribution in [2.24, 2.45) is 0 Å². The van der Waals surface area contributed by atoms with E-state index in [1.165, 1.54) is 0 Å². The first-order chi connectivity index (χ1) is 14.1. The van der Waals surface area contributed by atoms with Crippen LogP contribution in [0.2, 0.25) is 0 Å². The van der Waals surface area contributed by atoms with Gasteiger partial charge in [0.15, 0.2) is 11.5 Å². The Balaban J connectivity index is 1.51. The van der Waals surface area contributed by atoms with Crippen LogP contribution in [0, 0.1) is 0 Å². The lowest BCUT2D eigenvalue weighted by Gasteiger charge is -2.12. The maximum Gasteiger partial charge on any atom is 0.257 e. The fraction of sp³-hybridized carbons (Fsp3) is 0.0909. The molecule has 29 heavy (non-hydrogen) atoms. The number of nitrogens with one attached hydrogen (secondary N) is 2. The molecule has 1 heterocycles. The van der Waals surface area contributed by atoms with E-state index in [9.17, 15) is 9.59 Å². The molecule has 0 saturated heterocycles. The van der Waals surface area contributed by atoms with Crippen molar-refractivity contribution in [2.45, 2.75) is 0 Å². The van der Waals surface area contributed by atoms with Crippen LogP contribution in [0.25, 0.3) is 0 Å². The molecule has 0 unspecified atom stereocenters. The second kappa shape index (κ2) is 7.93. The standard InChI is InChI=1S/C22H18N2O5/c1-27-16-9-6-14(7-10-16)21(25)24-18-5-3-2-4-17(18)22(26)23-15-8-11-19-20(12-15)29-13-28-19/h2-12H,13H2,1H3,(H,23,26)(H,24,25). The van der Waals surface area contributed by atoms with E-state index in [-0.39, 0.29) is 18.6 Å². The highest BCUT2D eigenvalue weighted by Gasteiger charge is 2.17. The third-order valence-corrected chi connectivity index (χ3v) is 4.40. The van der Waals surface area contributed by atoms with Gasteiger partial charge in [-0.25, -0.2) is 0 Å². The number of rotatable bonds is 5. The molecule has 0 aliphatic carbocycles. The van der Waals surface area contributed by atoms with Crippen LogP contribution in [0.15, 0.2) is 66.7 Å². The summed E-state index contributed by atoms with van der Waals surface area (Å²) in [5.74, 6) is 1.19. The molecule has 0 bridgehead atoms. The fourth-order valence-corrected chi connectivity index (χ4v) is 2.90. The van der Waals surface area contributed by atoms with Gasteiger partial charge in [-0.1, -0.05) is 12.1 Å². The molecular formula is C22H18N2O5. The van der Waals surface area contributed by atoms with Crippen LogP contribution in [0.4, 0.5) is 11.4 Å². The molecule has 2 N–H and O–H groups in total. The Labute approximate surface area is 167 Å². The minimum Gasteiger partial charge on any atom is -0.497 e. The number of anilines is 2. The Morgan fingerprint density at radius 3 is 2.41 bits per heavy atom. The van der Waals surface area contributed by atoms with E-state index < -0.39 is 0 Å². The number of amides is 2. The number of hydrogen-bond acceptors (Lipinski definition) is 5. The average Bonchev–Trinajstić information content (AvgIpc) is 3.22. The second-order valence-electron chi connectivity index (χ2n) is 6.25. The van der Waals surface area contributed by atoms with E-state index in [2.05, 4.69) is 10.6 Å². The van der Waals surface area contributed by atoms with Crippen molar-refractivity contribution in [1.29, 1.82) is 0 Å². The molecule has 0 saturated carbocycles. The van der Waals surface area contributed by atoms with Crippen LogP contribution in [-0.4, -0.2) is 25.7 Å². The van der Waals surface area contributed by atoms with Gasteiger partial charge in [0.1, 0.15) is 5.75 Å². The zero-order chi connectivity index (χ0) is 20.2. The molecule has 7 nitrogen and oxygen atoms in total. The highest BCUT2D eigenvalue weighted by atomic mass is 16.7. The lowest BCUT2D eigenvalue weighted by Crippen LogP contribution is -2.18. The summed E-state index contributed by atoms with van der Waals surface area (Å²) in [5.41, 5.74) is 1.77. The average molecular weight is 390 g/mol. The second-order valence-corrected chi connectivity index (χ2v) is 6.25. The molecule has 1 aliphatic heterocycles. The van der Waals surface area contributed by atoms with Crippen LogP contribution in [0.1, 0.15) is 20.7 Å². The summed E-state index contributed by atoms with van der Waals surface area (Å²) in [5, 5.41) is 5.60. The molecule has 0 fully saturated rings. The van der Waals surface area contributed by atoms with E-state index in [4.69, 9.17) is 14.2 Å². The molecule has 0 spiro atoms. The highest BCUT2D eigenvalue weighted by Crippen LogP contribution is 2.34. The lowest BCUT2D eigenvalue weighted by molar-refractivity contribution is 0.102. The smallest absolute Gasteiger partial charge is 0.257 e. The van der Waals surface area contributed by atoms with Gasteiger partial charge in [-0.2, -0.15) is 0 Å². The minimum atomic E-state index is -0.352. The van der Waals surface area contributed by atoms with E-state index in [0.29, 0.717) is 39.8 Å². The van der Waals surface area contributed by atoms with E-state index >= 15 is 0 Å². The van der Waals surface area contributed by atoms with Crippen LogP contribution >= 0.6 is 0 Å². The Bertz CT molecular complexity index is 1060. The summed E-state index contributed by atoms with van der Waals surface area (Å²) in [6.45, 7) is 0.160. The molecule has 7 heteroatoms. The lowest BCUT2D eigenvalue weighted by atomic mass is 10.1. The molecule has 0 aromatic heterocycles. The number of methoxy groups -OCH3 is 1. The molecule has 3 aromatic carbocycles. The van der Waals surface area contributed by atoms with Gasteiger partial charge in [0, 0.05) is 17.3 Å². The zero-order valence-electron chi connectivity index (χ0n) is 15.6. The van der Waals surface area contributed by atoms with Crippen molar-refractivity contribution in [3.63, 3.8) is 0 Å². The Morgan fingerprint density at radius 1 is 0.862 bits per heavy atom. The Kier molecular flexibility index (Phi) is 5.03. The van der Waals surface area contributed by atoms with Gasteiger partial charge in [-0.15, -0.1) is 0 Å². The molecule has 0 radical (unpaired) electrons. The Morgan fingerprint density at radius 2 is 1.62 bits per heavy atom. The number of fused-ring (bicyclic) bond motifs is 1. The Hall–Kier alpha value is -4.00. The number of ether oxygens (including phenoxy) is 3. The monoisotopic (exact) mass is 390 g/mol. The molecule has 4 rings (SSSR count). The normalized spacial score (nSPS) is 11.6. The predicted octanol–water partition coefficient (Wildman–Crippen LogP) is 3.93. The van der Waals surface area contributed by atoms with E-state index in [1.54, 1.807) is 73.8 Å². The van der Waals surface area contributed by atoms with E-state index in [0.717, 1.165) is 0 Å². The molecule has 3 aromatic rings.